The lowest BCUT2D eigenvalue weighted by atomic mass is 10.0. The number of pyridine rings is 2. The minimum Gasteiger partial charge on any atom is -0.354 e. The molecule has 6 rings (SSSR count). The number of piperazine rings is 1. The van der Waals surface area contributed by atoms with Gasteiger partial charge in [-0.3, -0.25) is 4.79 Å². The predicted molar refractivity (Wildman–Crippen MR) is 141 cm³/mol. The summed E-state index contributed by atoms with van der Waals surface area (Å²) in [6.45, 7) is 5.74. The fraction of sp³-hybridized carbons (Fsp3) is 0.222. The van der Waals surface area contributed by atoms with Crippen LogP contribution in [0.2, 0.25) is 0 Å². The summed E-state index contributed by atoms with van der Waals surface area (Å²) in [7, 11) is 2.11. The lowest BCUT2D eigenvalue weighted by molar-refractivity contribution is 0.102. The predicted octanol–water partition coefficient (Wildman–Crippen LogP) is 3.88. The Morgan fingerprint density at radius 2 is 1.75 bits per heavy atom. The Kier molecular flexibility index (Phi) is 5.54. The summed E-state index contributed by atoms with van der Waals surface area (Å²) in [5.74, 6) is 0.973. The summed E-state index contributed by atoms with van der Waals surface area (Å²) in [6, 6.07) is 15.6. The van der Waals surface area contributed by atoms with Crippen molar-refractivity contribution < 1.29 is 4.79 Å². The number of carbonyl (C=O) groups excluding carboxylic acids is 1. The van der Waals surface area contributed by atoms with E-state index >= 15 is 0 Å². The van der Waals surface area contributed by atoms with Crippen LogP contribution >= 0.6 is 0 Å². The van der Waals surface area contributed by atoms with Crippen LogP contribution in [0.25, 0.3) is 33.1 Å². The van der Waals surface area contributed by atoms with Gasteiger partial charge in [-0.25, -0.2) is 9.97 Å². The van der Waals surface area contributed by atoms with Gasteiger partial charge in [0.15, 0.2) is 5.82 Å². The Hall–Kier alpha value is -4.37. The van der Waals surface area contributed by atoms with Gasteiger partial charge < -0.3 is 20.1 Å². The number of likely N-dealkylation sites (N-methyl/N-ethyl adjacent to an activating group) is 1. The third-order valence-electron chi connectivity index (χ3n) is 6.60. The van der Waals surface area contributed by atoms with Crippen LogP contribution in [0.4, 0.5) is 11.6 Å². The number of fused-ring (bicyclic) bond motifs is 2. The van der Waals surface area contributed by atoms with Gasteiger partial charge >= 0.3 is 0 Å². The van der Waals surface area contributed by atoms with Gasteiger partial charge in [0.25, 0.3) is 5.91 Å². The van der Waals surface area contributed by atoms with E-state index < -0.39 is 0 Å². The third kappa shape index (κ3) is 4.36. The average Bonchev–Trinajstić information content (AvgIpc) is 3.28. The van der Waals surface area contributed by atoms with Crippen LogP contribution in [0.15, 0.2) is 60.9 Å². The van der Waals surface area contributed by atoms with E-state index in [-0.39, 0.29) is 5.91 Å². The molecule has 1 aliphatic rings. The Balaban J connectivity index is 1.24. The van der Waals surface area contributed by atoms with Crippen LogP contribution < -0.4 is 10.2 Å². The molecule has 0 spiro atoms. The molecular weight excluding hydrogens is 452 g/mol. The molecule has 0 unspecified atom stereocenters. The zero-order valence-electron chi connectivity index (χ0n) is 20.2. The normalized spacial score (nSPS) is 14.4. The molecule has 9 heteroatoms. The number of carbonyl (C=O) groups is 1. The van der Waals surface area contributed by atoms with Crippen LogP contribution in [0.5, 0.6) is 0 Å². The number of hydrogen-bond donors (Lipinski definition) is 2. The van der Waals surface area contributed by atoms with Crippen LogP contribution in [-0.4, -0.2) is 69.2 Å². The zero-order valence-corrected chi connectivity index (χ0v) is 20.2. The second-order valence-electron chi connectivity index (χ2n) is 9.26. The molecule has 1 saturated heterocycles. The van der Waals surface area contributed by atoms with Gasteiger partial charge in [0.2, 0.25) is 0 Å². The number of amides is 1. The highest BCUT2D eigenvalue weighted by Crippen LogP contribution is 2.27. The summed E-state index contributed by atoms with van der Waals surface area (Å²) in [4.78, 5) is 29.8. The largest absolute Gasteiger partial charge is 0.354 e. The topological polar surface area (TPSA) is 103 Å². The summed E-state index contributed by atoms with van der Waals surface area (Å²) in [5, 5.41) is 13.4. The Morgan fingerprint density at radius 3 is 2.61 bits per heavy atom. The smallest absolute Gasteiger partial charge is 0.257 e. The van der Waals surface area contributed by atoms with E-state index in [0.29, 0.717) is 11.4 Å². The second kappa shape index (κ2) is 9.01. The summed E-state index contributed by atoms with van der Waals surface area (Å²) in [5.41, 5.74) is 5.28. The number of anilines is 2. The molecule has 0 bridgehead atoms. The van der Waals surface area contributed by atoms with Crippen molar-refractivity contribution in [2.45, 2.75) is 6.92 Å². The number of aryl methyl sites for hydroxylation is 1. The third-order valence-corrected chi connectivity index (χ3v) is 6.60. The lowest BCUT2D eigenvalue weighted by Crippen LogP contribution is -2.44. The molecule has 1 aliphatic heterocycles. The average molecular weight is 479 g/mol. The zero-order chi connectivity index (χ0) is 24.6. The van der Waals surface area contributed by atoms with Crippen LogP contribution in [0, 0.1) is 6.92 Å². The molecule has 5 heterocycles. The number of nitrogens with zero attached hydrogens (tertiary/aromatic N) is 6. The first-order chi connectivity index (χ1) is 17.5. The highest BCUT2D eigenvalue weighted by atomic mass is 16.1. The van der Waals surface area contributed by atoms with Crippen molar-refractivity contribution in [1.29, 1.82) is 0 Å². The van der Waals surface area contributed by atoms with Crippen molar-refractivity contribution in [1.82, 2.24) is 30.0 Å². The Morgan fingerprint density at radius 1 is 0.917 bits per heavy atom. The van der Waals surface area contributed by atoms with Crippen LogP contribution in [-0.2, 0) is 0 Å². The quantitative estimate of drug-likeness (QED) is 0.404. The minimum absolute atomic E-state index is 0.241. The van der Waals surface area contributed by atoms with Gasteiger partial charge in [0.1, 0.15) is 11.5 Å². The van der Waals surface area contributed by atoms with Gasteiger partial charge in [-0.1, -0.05) is 6.07 Å². The monoisotopic (exact) mass is 478 g/mol. The maximum absolute atomic E-state index is 13.0. The van der Waals surface area contributed by atoms with Crippen molar-refractivity contribution in [2.75, 3.05) is 43.4 Å². The molecule has 0 saturated carbocycles. The maximum Gasteiger partial charge on any atom is 0.257 e. The molecule has 1 aromatic carbocycles. The van der Waals surface area contributed by atoms with Gasteiger partial charge in [-0.05, 0) is 62.0 Å². The van der Waals surface area contributed by atoms with Crippen molar-refractivity contribution in [3.63, 3.8) is 0 Å². The molecule has 4 aromatic heterocycles. The van der Waals surface area contributed by atoms with E-state index in [2.05, 4.69) is 59.4 Å². The molecule has 0 atom stereocenters. The fourth-order valence-corrected chi connectivity index (χ4v) is 4.55. The van der Waals surface area contributed by atoms with E-state index in [1.54, 1.807) is 12.3 Å². The summed E-state index contributed by atoms with van der Waals surface area (Å²) in [6.07, 6.45) is 3.54. The van der Waals surface area contributed by atoms with Gasteiger partial charge in [-0.15, -0.1) is 10.2 Å². The molecule has 1 fully saturated rings. The van der Waals surface area contributed by atoms with E-state index in [1.165, 1.54) is 0 Å². The highest BCUT2D eigenvalue weighted by molar-refractivity contribution is 6.04. The molecule has 1 amide bonds. The molecule has 5 aromatic rings. The Bertz CT molecular complexity index is 1590. The number of aromatic amines is 1. The summed E-state index contributed by atoms with van der Waals surface area (Å²) < 4.78 is 0. The molecule has 36 heavy (non-hydrogen) atoms. The van der Waals surface area contributed by atoms with Crippen molar-refractivity contribution >= 4 is 39.5 Å². The minimum atomic E-state index is -0.241. The van der Waals surface area contributed by atoms with Crippen molar-refractivity contribution in [3.05, 3.63) is 72.2 Å². The van der Waals surface area contributed by atoms with E-state index in [4.69, 9.17) is 0 Å². The first-order valence-electron chi connectivity index (χ1n) is 12.0. The molecule has 2 N–H and O–H groups in total. The first kappa shape index (κ1) is 22.1. The van der Waals surface area contributed by atoms with Crippen molar-refractivity contribution in [2.24, 2.45) is 0 Å². The van der Waals surface area contributed by atoms with Gasteiger partial charge in [0.05, 0.1) is 5.52 Å². The molecule has 180 valence electrons. The Labute approximate surface area is 208 Å². The number of nitrogens with one attached hydrogen (secondary N) is 2. The fourth-order valence-electron chi connectivity index (χ4n) is 4.55. The van der Waals surface area contributed by atoms with Crippen LogP contribution in [0.1, 0.15) is 16.1 Å². The number of hydrogen-bond acceptors (Lipinski definition) is 7. The van der Waals surface area contributed by atoms with E-state index in [9.17, 15) is 4.79 Å². The maximum atomic E-state index is 13.0. The standard InChI is InChI=1S/C27H26N8O/c1-17-11-21-13-22(16-29-26(21)30-17)18-3-4-23-20(12-18)14-24(33-32-23)31-27(36)19-5-6-28-25(15-19)35-9-7-34(2)8-10-35/h3-6,11-16H,7-10H2,1-2H3,(H,29,30)(H,31,33,36). The lowest BCUT2D eigenvalue weighted by Gasteiger charge is -2.33. The SMILES string of the molecule is Cc1cc2cc(-c3ccc4nnc(NC(=O)c5ccnc(N6CCN(C)CC6)c5)cc4c3)cnc2[nH]1. The molecule has 0 radical (unpaired) electrons. The van der Waals surface area contributed by atoms with Crippen molar-refractivity contribution in [3.8, 4) is 11.1 Å². The number of aromatic nitrogens is 5. The van der Waals surface area contributed by atoms with Gasteiger partial charge in [0, 0.05) is 66.2 Å². The van der Waals surface area contributed by atoms with E-state index in [1.807, 2.05) is 43.5 Å². The molecular formula is C27H26N8O. The molecule has 0 aliphatic carbocycles. The first-order valence-corrected chi connectivity index (χ1v) is 12.0. The molecule has 9 nitrogen and oxygen atoms in total. The number of benzene rings is 1. The second-order valence-corrected chi connectivity index (χ2v) is 9.26. The van der Waals surface area contributed by atoms with Crippen LogP contribution in [0.3, 0.4) is 0 Å². The highest BCUT2D eigenvalue weighted by Gasteiger charge is 2.17. The number of H-pyrrole nitrogens is 1. The van der Waals surface area contributed by atoms with E-state index in [0.717, 1.165) is 70.8 Å². The van der Waals surface area contributed by atoms with Gasteiger partial charge in [-0.2, -0.15) is 0 Å². The summed E-state index contributed by atoms with van der Waals surface area (Å²) >= 11 is 0. The number of rotatable bonds is 4.